The molecule has 2 rings (SSSR count). The second-order valence-electron chi connectivity index (χ2n) is 7.84. The van der Waals surface area contributed by atoms with Gasteiger partial charge in [0.2, 0.25) is 5.91 Å². The normalized spacial score (nSPS) is 13.5. The number of anilines is 2. The lowest BCUT2D eigenvalue weighted by Crippen LogP contribution is -2.30. The van der Waals surface area contributed by atoms with E-state index in [1.165, 1.54) is 18.7 Å². The monoisotopic (exact) mass is 393 g/mol. The van der Waals surface area contributed by atoms with E-state index in [1.54, 1.807) is 13.8 Å². The average Bonchev–Trinajstić information content (AvgIpc) is 2.94. The summed E-state index contributed by atoms with van der Waals surface area (Å²) in [4.78, 5) is 37.2. The number of hydrogen-bond donors (Lipinski definition) is 1. The van der Waals surface area contributed by atoms with Crippen molar-refractivity contribution in [1.29, 1.82) is 0 Å². The van der Waals surface area contributed by atoms with E-state index >= 15 is 0 Å². The molecule has 0 fully saturated rings. The van der Waals surface area contributed by atoms with E-state index < -0.39 is 5.41 Å². The molecule has 1 aliphatic heterocycles. The molecule has 1 aromatic rings. The Morgan fingerprint density at radius 1 is 1.26 bits per heavy atom. The zero-order valence-corrected chi connectivity index (χ0v) is 17.6. The number of fused-ring (bicyclic) bond motifs is 1. The maximum absolute atomic E-state index is 12.6. The van der Waals surface area contributed by atoms with E-state index in [4.69, 9.17) is 0 Å². The van der Waals surface area contributed by atoms with Crippen LogP contribution in [0.4, 0.5) is 17.1 Å². The first kappa shape index (κ1) is 21.2. The minimum atomic E-state index is -0.618. The highest BCUT2D eigenvalue weighted by molar-refractivity contribution is 8.13. The van der Waals surface area contributed by atoms with Gasteiger partial charge in [0.25, 0.3) is 5.69 Å². The van der Waals surface area contributed by atoms with Gasteiger partial charge in [0.05, 0.1) is 21.9 Å². The van der Waals surface area contributed by atoms with Crippen LogP contribution in [0.25, 0.3) is 0 Å². The van der Waals surface area contributed by atoms with Crippen molar-refractivity contribution in [2.75, 3.05) is 29.1 Å². The lowest BCUT2D eigenvalue weighted by Gasteiger charge is -2.26. The average molecular weight is 394 g/mol. The summed E-state index contributed by atoms with van der Waals surface area (Å²) in [6.45, 7) is 11.8. The highest BCUT2D eigenvalue weighted by Gasteiger charge is 2.34. The third-order valence-electron chi connectivity index (χ3n) is 4.78. The summed E-state index contributed by atoms with van der Waals surface area (Å²) in [5.74, 6) is 0.451. The van der Waals surface area contributed by atoms with E-state index in [0.717, 1.165) is 11.3 Å². The number of nitro benzene ring substituents is 1. The first-order chi connectivity index (χ1) is 12.4. The van der Waals surface area contributed by atoms with E-state index in [0.29, 0.717) is 42.1 Å². The largest absolute Gasteiger partial charge is 0.368 e. The zero-order valence-electron chi connectivity index (χ0n) is 16.8. The molecule has 1 heterocycles. The molecule has 148 valence electrons. The summed E-state index contributed by atoms with van der Waals surface area (Å²) >= 11 is 1.26. The predicted molar refractivity (Wildman–Crippen MR) is 110 cm³/mol. The SMILES string of the molecule is CC(=O)SCCN1CCc2c(C)c([N+](=O)[O-])c(C)c(NC(=O)C(C)(C)C)c21. The highest BCUT2D eigenvalue weighted by Crippen LogP contribution is 2.45. The van der Waals surface area contributed by atoms with Crippen LogP contribution in [0.5, 0.6) is 0 Å². The van der Waals surface area contributed by atoms with Crippen LogP contribution in [0.2, 0.25) is 0 Å². The molecular weight excluding hydrogens is 366 g/mol. The van der Waals surface area contributed by atoms with Crippen LogP contribution in [0, 0.1) is 29.4 Å². The van der Waals surface area contributed by atoms with Crippen molar-refractivity contribution >= 4 is 39.8 Å². The molecule has 27 heavy (non-hydrogen) atoms. The molecule has 0 radical (unpaired) electrons. The Morgan fingerprint density at radius 2 is 1.89 bits per heavy atom. The number of nitro groups is 1. The zero-order chi connectivity index (χ0) is 20.5. The Labute approximate surface area is 164 Å². The number of nitrogens with zero attached hydrogens (tertiary/aromatic N) is 2. The van der Waals surface area contributed by atoms with Crippen molar-refractivity contribution < 1.29 is 14.5 Å². The van der Waals surface area contributed by atoms with Crippen LogP contribution in [0.1, 0.15) is 44.4 Å². The van der Waals surface area contributed by atoms with Gasteiger partial charge >= 0.3 is 0 Å². The lowest BCUT2D eigenvalue weighted by atomic mass is 9.93. The number of rotatable bonds is 5. The number of hydrogen-bond acceptors (Lipinski definition) is 6. The molecule has 1 aromatic carbocycles. The molecule has 0 atom stereocenters. The molecule has 1 N–H and O–H groups in total. The summed E-state index contributed by atoms with van der Waals surface area (Å²) in [6.07, 6.45) is 0.686. The van der Waals surface area contributed by atoms with Crippen LogP contribution >= 0.6 is 11.8 Å². The fourth-order valence-corrected chi connectivity index (χ4v) is 3.91. The quantitative estimate of drug-likeness (QED) is 0.603. The van der Waals surface area contributed by atoms with Crippen molar-refractivity contribution in [1.82, 2.24) is 0 Å². The number of amides is 1. The summed E-state index contributed by atoms with van der Waals surface area (Å²) in [6, 6.07) is 0. The molecule has 1 amide bonds. The van der Waals surface area contributed by atoms with Crippen molar-refractivity contribution in [2.24, 2.45) is 5.41 Å². The first-order valence-corrected chi connectivity index (χ1v) is 9.94. The standard InChI is InChI=1S/C19H27N3O4S/c1-11-14-7-8-21(9-10-27-13(3)23)17(14)15(12(2)16(11)22(25)26)20-18(24)19(4,5)6/h7-10H2,1-6H3,(H,20,24). The second-order valence-corrected chi connectivity index (χ2v) is 9.11. The van der Waals surface area contributed by atoms with Gasteiger partial charge in [0.1, 0.15) is 0 Å². The van der Waals surface area contributed by atoms with Gasteiger partial charge in [-0.3, -0.25) is 19.7 Å². The number of thioether (sulfide) groups is 1. The molecule has 7 nitrogen and oxygen atoms in total. The Balaban J connectivity index is 2.54. The van der Waals surface area contributed by atoms with E-state index in [2.05, 4.69) is 10.2 Å². The third kappa shape index (κ3) is 4.43. The maximum Gasteiger partial charge on any atom is 0.277 e. The van der Waals surface area contributed by atoms with E-state index in [1.807, 2.05) is 20.8 Å². The van der Waals surface area contributed by atoms with Crippen molar-refractivity contribution in [3.63, 3.8) is 0 Å². The molecule has 0 aliphatic carbocycles. The minimum absolute atomic E-state index is 0.0618. The fraction of sp³-hybridized carbons (Fsp3) is 0.579. The van der Waals surface area contributed by atoms with Crippen molar-refractivity contribution in [3.05, 3.63) is 26.8 Å². The summed E-state index contributed by atoms with van der Waals surface area (Å²) in [5.41, 5.74) is 2.86. The van der Waals surface area contributed by atoms with Gasteiger partial charge < -0.3 is 10.2 Å². The van der Waals surface area contributed by atoms with Crippen LogP contribution in [-0.4, -0.2) is 34.8 Å². The molecule has 1 aliphatic rings. The van der Waals surface area contributed by atoms with Crippen LogP contribution in [-0.2, 0) is 16.0 Å². The number of nitrogens with one attached hydrogen (secondary N) is 1. The van der Waals surface area contributed by atoms with Crippen LogP contribution in [0.15, 0.2) is 0 Å². The molecule has 0 saturated heterocycles. The van der Waals surface area contributed by atoms with Crippen LogP contribution in [0.3, 0.4) is 0 Å². The Morgan fingerprint density at radius 3 is 2.41 bits per heavy atom. The number of carbonyl (C=O) groups is 2. The highest BCUT2D eigenvalue weighted by atomic mass is 32.2. The van der Waals surface area contributed by atoms with Gasteiger partial charge in [-0.25, -0.2) is 0 Å². The Hall–Kier alpha value is -2.09. The van der Waals surface area contributed by atoms with Gasteiger partial charge in [-0.2, -0.15) is 0 Å². The van der Waals surface area contributed by atoms with E-state index in [9.17, 15) is 19.7 Å². The second kappa shape index (κ2) is 7.88. The summed E-state index contributed by atoms with van der Waals surface area (Å²) in [5, 5.41) is 14.6. The molecule has 8 heteroatoms. The summed E-state index contributed by atoms with van der Waals surface area (Å²) < 4.78 is 0. The molecule has 0 bridgehead atoms. The van der Waals surface area contributed by atoms with Crippen molar-refractivity contribution in [3.8, 4) is 0 Å². The van der Waals surface area contributed by atoms with Crippen molar-refractivity contribution in [2.45, 2.75) is 48.0 Å². The minimum Gasteiger partial charge on any atom is -0.368 e. The van der Waals surface area contributed by atoms with Gasteiger partial charge in [-0.1, -0.05) is 32.5 Å². The van der Waals surface area contributed by atoms with Gasteiger partial charge in [-0.05, 0) is 25.8 Å². The first-order valence-electron chi connectivity index (χ1n) is 8.95. The topological polar surface area (TPSA) is 92.6 Å². The van der Waals surface area contributed by atoms with E-state index in [-0.39, 0.29) is 21.6 Å². The maximum atomic E-state index is 12.6. The number of carbonyl (C=O) groups excluding carboxylic acids is 2. The van der Waals surface area contributed by atoms with Crippen LogP contribution < -0.4 is 10.2 Å². The Kier molecular flexibility index (Phi) is 6.19. The number of benzene rings is 1. The smallest absolute Gasteiger partial charge is 0.277 e. The molecule has 0 aromatic heterocycles. The Bertz CT molecular complexity index is 799. The fourth-order valence-electron chi connectivity index (χ4n) is 3.31. The van der Waals surface area contributed by atoms with Gasteiger partial charge in [0.15, 0.2) is 5.12 Å². The lowest BCUT2D eigenvalue weighted by molar-refractivity contribution is -0.386. The predicted octanol–water partition coefficient (Wildman–Crippen LogP) is 3.84. The molecule has 0 saturated carbocycles. The summed E-state index contributed by atoms with van der Waals surface area (Å²) in [7, 11) is 0. The van der Waals surface area contributed by atoms with Gasteiger partial charge in [0, 0.05) is 36.7 Å². The molecule has 0 unspecified atom stereocenters. The van der Waals surface area contributed by atoms with Gasteiger partial charge in [-0.15, -0.1) is 0 Å². The third-order valence-corrected chi connectivity index (χ3v) is 5.57. The molecule has 0 spiro atoms. The molecular formula is C19H27N3O4S.